The summed E-state index contributed by atoms with van der Waals surface area (Å²) < 4.78 is 19.7. The molecule has 2 aromatic rings. The summed E-state index contributed by atoms with van der Waals surface area (Å²) in [6.45, 7) is 4.41. The molecule has 31 heavy (non-hydrogen) atoms. The number of aliphatic imine (C=N–C) groups is 1. The van der Waals surface area contributed by atoms with E-state index in [1.165, 1.54) is 7.11 Å². The summed E-state index contributed by atoms with van der Waals surface area (Å²) in [7, 11) is 1.28. The van der Waals surface area contributed by atoms with E-state index in [0.29, 0.717) is 22.8 Å². The molecule has 0 spiro atoms. The van der Waals surface area contributed by atoms with Gasteiger partial charge in [0.05, 0.1) is 23.3 Å². The van der Waals surface area contributed by atoms with E-state index in [9.17, 15) is 14.0 Å². The second-order valence-corrected chi connectivity index (χ2v) is 9.20. The predicted octanol–water partition coefficient (Wildman–Crippen LogP) is 4.74. The zero-order chi connectivity index (χ0) is 22.3. The fourth-order valence-electron chi connectivity index (χ4n) is 4.51. The molecule has 2 atom stereocenters. The van der Waals surface area contributed by atoms with E-state index < -0.39 is 12.1 Å². The van der Waals surface area contributed by atoms with Crippen molar-refractivity contribution in [2.24, 2.45) is 10.9 Å². The molecule has 2 aromatic carbocycles. The molecule has 0 saturated carbocycles. The average molecular weight is 490 g/mol. The van der Waals surface area contributed by atoms with Crippen LogP contribution in [0.2, 0.25) is 0 Å². The third-order valence-electron chi connectivity index (χ3n) is 6.11. The molecule has 4 rings (SSSR count). The van der Waals surface area contributed by atoms with Crippen molar-refractivity contribution in [3.8, 4) is 0 Å². The van der Waals surface area contributed by atoms with Crippen LogP contribution >= 0.6 is 15.9 Å². The van der Waals surface area contributed by atoms with Crippen molar-refractivity contribution in [3.05, 3.63) is 40.1 Å². The number of alkyl carbamates (subject to hydrolysis) is 1. The number of carbonyl (C=O) groups is 2. The van der Waals surface area contributed by atoms with E-state index in [0.717, 1.165) is 35.2 Å². The van der Waals surface area contributed by atoms with Gasteiger partial charge in [-0.3, -0.25) is 9.79 Å². The predicted molar refractivity (Wildman–Crippen MR) is 121 cm³/mol. The average Bonchev–Trinajstić information content (AvgIpc) is 3.40. The summed E-state index contributed by atoms with van der Waals surface area (Å²) in [5, 5.41) is 4.08. The molecule has 164 valence electrons. The maximum Gasteiger partial charge on any atom is 0.407 e. The van der Waals surface area contributed by atoms with Gasteiger partial charge < -0.3 is 15.0 Å². The van der Waals surface area contributed by atoms with Gasteiger partial charge in [-0.1, -0.05) is 19.9 Å². The summed E-state index contributed by atoms with van der Waals surface area (Å²) >= 11 is 3.25. The van der Waals surface area contributed by atoms with E-state index in [1.807, 2.05) is 30.9 Å². The maximum atomic E-state index is 14.5. The molecule has 0 unspecified atom stereocenters. The van der Waals surface area contributed by atoms with E-state index >= 15 is 0 Å². The van der Waals surface area contributed by atoms with Crippen LogP contribution < -0.4 is 5.32 Å². The zero-order valence-corrected chi connectivity index (χ0v) is 19.3. The third kappa shape index (κ3) is 3.93. The van der Waals surface area contributed by atoms with Gasteiger partial charge in [-0.15, -0.1) is 0 Å². The molecule has 2 aliphatic heterocycles. The molecule has 2 heterocycles. The standard InChI is InChI=1S/C23H25BrFN3O3/c1-12(2)21(27-23(30)31-3)22(29)28-10-4-5-19(28)18-11-15-13-6-8-16(24)20(25)14(13)7-9-17(15)26-18/h6-9,12,19,21H,4-5,10-11H2,1-3H3,(H,27,30)/t19-,21-/m0/s1. The van der Waals surface area contributed by atoms with Crippen LogP contribution in [0.4, 0.5) is 14.9 Å². The highest BCUT2D eigenvalue weighted by Crippen LogP contribution is 2.38. The first-order valence-corrected chi connectivity index (χ1v) is 11.2. The maximum absolute atomic E-state index is 14.5. The number of halogens is 2. The van der Waals surface area contributed by atoms with Gasteiger partial charge in [0.25, 0.3) is 0 Å². The van der Waals surface area contributed by atoms with Crippen LogP contribution in [0.3, 0.4) is 0 Å². The fourth-order valence-corrected chi connectivity index (χ4v) is 4.85. The number of methoxy groups -OCH3 is 1. The molecule has 0 aliphatic carbocycles. The molecule has 1 fully saturated rings. The van der Waals surface area contributed by atoms with E-state index in [4.69, 9.17) is 9.73 Å². The lowest BCUT2D eigenvalue weighted by molar-refractivity contribution is -0.134. The van der Waals surface area contributed by atoms with Crippen LogP contribution in [0.1, 0.15) is 32.3 Å². The number of carbonyl (C=O) groups excluding carboxylic acids is 2. The van der Waals surface area contributed by atoms with Crippen LogP contribution in [0, 0.1) is 11.7 Å². The van der Waals surface area contributed by atoms with E-state index in [2.05, 4.69) is 21.2 Å². The Morgan fingerprint density at radius 2 is 2.00 bits per heavy atom. The highest BCUT2D eigenvalue weighted by molar-refractivity contribution is 9.10. The number of fused-ring (bicyclic) bond motifs is 3. The van der Waals surface area contributed by atoms with E-state index in [-0.39, 0.29) is 23.7 Å². The first-order chi connectivity index (χ1) is 14.8. The number of rotatable bonds is 4. The lowest BCUT2D eigenvalue weighted by atomic mass is 9.97. The van der Waals surface area contributed by atoms with Crippen molar-refractivity contribution in [2.75, 3.05) is 13.7 Å². The number of likely N-dealkylation sites (tertiary alicyclic amines) is 1. The summed E-state index contributed by atoms with van der Waals surface area (Å²) in [4.78, 5) is 31.7. The molecule has 0 radical (unpaired) electrons. The SMILES string of the molecule is COC(=O)N[C@H](C(=O)N1CCC[C@H]1C1=Nc2ccc3c(F)c(Br)ccc3c2C1)C(C)C. The molecule has 6 nitrogen and oxygen atoms in total. The van der Waals surface area contributed by atoms with Gasteiger partial charge in [0, 0.05) is 24.1 Å². The Morgan fingerprint density at radius 1 is 1.26 bits per heavy atom. The molecule has 1 saturated heterocycles. The van der Waals surface area contributed by atoms with Gasteiger partial charge >= 0.3 is 6.09 Å². The van der Waals surface area contributed by atoms with Crippen molar-refractivity contribution >= 4 is 50.1 Å². The number of benzene rings is 2. The van der Waals surface area contributed by atoms with Crippen molar-refractivity contribution in [2.45, 2.75) is 45.2 Å². The highest BCUT2D eigenvalue weighted by Gasteiger charge is 2.39. The summed E-state index contributed by atoms with van der Waals surface area (Å²) in [5.74, 6) is -0.484. The van der Waals surface area contributed by atoms with Crippen LogP contribution in [-0.2, 0) is 16.0 Å². The number of hydrogen-bond donors (Lipinski definition) is 1. The monoisotopic (exact) mass is 489 g/mol. The zero-order valence-electron chi connectivity index (χ0n) is 17.7. The normalized spacial score (nSPS) is 18.8. The second kappa shape index (κ2) is 8.57. The molecular weight excluding hydrogens is 465 g/mol. The van der Waals surface area contributed by atoms with Crippen LogP contribution in [0.5, 0.6) is 0 Å². The number of nitrogens with zero attached hydrogens (tertiary/aromatic N) is 2. The molecule has 8 heteroatoms. The lowest BCUT2D eigenvalue weighted by Gasteiger charge is -2.30. The Balaban J connectivity index is 1.60. The summed E-state index contributed by atoms with van der Waals surface area (Å²) in [5.41, 5.74) is 2.74. The minimum absolute atomic E-state index is 0.0825. The number of ether oxygens (including phenoxy) is 1. The first-order valence-electron chi connectivity index (χ1n) is 10.4. The van der Waals surface area contributed by atoms with Gasteiger partial charge in [0.1, 0.15) is 11.9 Å². The number of amides is 2. The highest BCUT2D eigenvalue weighted by atomic mass is 79.9. The van der Waals surface area contributed by atoms with Crippen molar-refractivity contribution in [1.82, 2.24) is 10.2 Å². The minimum atomic E-state index is -0.662. The molecule has 0 aromatic heterocycles. The Kier molecular flexibility index (Phi) is 6.01. The second-order valence-electron chi connectivity index (χ2n) is 8.35. The smallest absolute Gasteiger partial charge is 0.407 e. The van der Waals surface area contributed by atoms with Crippen LogP contribution in [0.25, 0.3) is 10.8 Å². The first kappa shape index (κ1) is 21.7. The topological polar surface area (TPSA) is 71.0 Å². The van der Waals surface area contributed by atoms with Crippen molar-refractivity contribution < 1.29 is 18.7 Å². The Labute approximate surface area is 189 Å². The molecule has 2 aliphatic rings. The summed E-state index contributed by atoms with van der Waals surface area (Å²) in [6, 6.07) is 6.43. The van der Waals surface area contributed by atoms with Gasteiger partial charge in [-0.2, -0.15) is 0 Å². The van der Waals surface area contributed by atoms with Crippen molar-refractivity contribution in [3.63, 3.8) is 0 Å². The van der Waals surface area contributed by atoms with Crippen molar-refractivity contribution in [1.29, 1.82) is 0 Å². The fraction of sp³-hybridized carbons (Fsp3) is 0.435. The van der Waals surface area contributed by atoms with Gasteiger partial charge in [-0.25, -0.2) is 9.18 Å². The Bertz CT molecular complexity index is 1090. The number of nitrogens with one attached hydrogen (secondary N) is 1. The minimum Gasteiger partial charge on any atom is -0.453 e. The largest absolute Gasteiger partial charge is 0.453 e. The number of hydrogen-bond acceptors (Lipinski definition) is 4. The lowest BCUT2D eigenvalue weighted by Crippen LogP contribution is -2.53. The van der Waals surface area contributed by atoms with Gasteiger partial charge in [0.15, 0.2) is 0 Å². The van der Waals surface area contributed by atoms with Gasteiger partial charge in [0.2, 0.25) is 5.91 Å². The van der Waals surface area contributed by atoms with Gasteiger partial charge in [-0.05, 0) is 63.8 Å². The van der Waals surface area contributed by atoms with E-state index in [1.54, 1.807) is 12.1 Å². The summed E-state index contributed by atoms with van der Waals surface area (Å²) in [6.07, 6.45) is 1.66. The van der Waals surface area contributed by atoms with Crippen LogP contribution in [-0.4, -0.2) is 48.4 Å². The Morgan fingerprint density at radius 3 is 2.71 bits per heavy atom. The Hall–Kier alpha value is -2.48. The molecule has 1 N–H and O–H groups in total. The molecular formula is C23H25BrFN3O3. The quantitative estimate of drug-likeness (QED) is 0.673. The molecule has 2 amide bonds. The van der Waals surface area contributed by atoms with Crippen LogP contribution in [0.15, 0.2) is 33.7 Å². The molecule has 0 bridgehead atoms. The third-order valence-corrected chi connectivity index (χ3v) is 6.72.